The molecule has 0 fully saturated rings. The van der Waals surface area contributed by atoms with Gasteiger partial charge in [0.15, 0.2) is 0 Å². The molecule has 0 saturated heterocycles. The molecular weight excluding hydrogens is 172 g/mol. The third-order valence-corrected chi connectivity index (χ3v) is 1.64. The van der Waals surface area contributed by atoms with Gasteiger partial charge < -0.3 is 11.5 Å². The van der Waals surface area contributed by atoms with Crippen molar-refractivity contribution in [1.82, 2.24) is 4.98 Å². The summed E-state index contributed by atoms with van der Waals surface area (Å²) in [7, 11) is 0. The molecule has 1 aromatic heterocycles. The van der Waals surface area contributed by atoms with Crippen LogP contribution < -0.4 is 11.5 Å². The summed E-state index contributed by atoms with van der Waals surface area (Å²) in [6.07, 6.45) is 1.11. The molecule has 0 radical (unpaired) electrons. The molecule has 0 bridgehead atoms. The second-order valence-electron chi connectivity index (χ2n) is 2.71. The van der Waals surface area contributed by atoms with E-state index in [0.717, 1.165) is 6.20 Å². The van der Waals surface area contributed by atoms with Crippen molar-refractivity contribution < 1.29 is 4.92 Å². The van der Waals surface area contributed by atoms with Crippen LogP contribution in [-0.2, 0) is 0 Å². The number of aromatic nitrogens is 1. The van der Waals surface area contributed by atoms with Crippen LogP contribution >= 0.6 is 0 Å². The Hall–Kier alpha value is -1.69. The van der Waals surface area contributed by atoms with E-state index in [2.05, 4.69) is 4.98 Å². The van der Waals surface area contributed by atoms with Gasteiger partial charge in [0.25, 0.3) is 5.69 Å². The molecule has 6 nitrogen and oxygen atoms in total. The number of nitro groups is 1. The highest BCUT2D eigenvalue weighted by molar-refractivity contribution is 5.46. The van der Waals surface area contributed by atoms with E-state index in [1.807, 2.05) is 0 Å². The van der Waals surface area contributed by atoms with Gasteiger partial charge in [0.2, 0.25) is 0 Å². The molecule has 0 aliphatic carbocycles. The van der Waals surface area contributed by atoms with E-state index >= 15 is 0 Å². The summed E-state index contributed by atoms with van der Waals surface area (Å²) in [6, 6.07) is 0.986. The van der Waals surface area contributed by atoms with Crippen LogP contribution in [0.1, 0.15) is 18.5 Å². The lowest BCUT2D eigenvalue weighted by atomic mass is 10.1. The molecule has 0 saturated carbocycles. The number of hydrogen-bond donors (Lipinski definition) is 2. The van der Waals surface area contributed by atoms with Crippen LogP contribution in [0.25, 0.3) is 0 Å². The molecule has 0 aliphatic rings. The predicted octanol–water partition coefficient (Wildman–Crippen LogP) is 0.592. The average molecular weight is 182 g/mol. The van der Waals surface area contributed by atoms with E-state index < -0.39 is 4.92 Å². The van der Waals surface area contributed by atoms with Crippen molar-refractivity contribution in [2.45, 2.75) is 13.0 Å². The number of rotatable bonds is 2. The van der Waals surface area contributed by atoms with E-state index in [1.165, 1.54) is 6.07 Å². The Morgan fingerprint density at radius 2 is 2.31 bits per heavy atom. The second kappa shape index (κ2) is 3.36. The Morgan fingerprint density at radius 1 is 1.69 bits per heavy atom. The van der Waals surface area contributed by atoms with Crippen LogP contribution in [0, 0.1) is 10.1 Å². The van der Waals surface area contributed by atoms with Gasteiger partial charge in [-0.25, -0.2) is 4.98 Å². The summed E-state index contributed by atoms with van der Waals surface area (Å²) in [5, 5.41) is 10.4. The van der Waals surface area contributed by atoms with Crippen LogP contribution in [0.5, 0.6) is 0 Å². The average Bonchev–Trinajstić information content (AvgIpc) is 2.04. The maximum atomic E-state index is 10.4. The summed E-state index contributed by atoms with van der Waals surface area (Å²) >= 11 is 0. The molecule has 1 aromatic rings. The third kappa shape index (κ3) is 1.91. The molecule has 1 atom stereocenters. The number of nitrogen functional groups attached to an aromatic ring is 1. The van der Waals surface area contributed by atoms with E-state index in [9.17, 15) is 10.1 Å². The molecule has 0 unspecified atom stereocenters. The van der Waals surface area contributed by atoms with Crippen LogP contribution in [0.15, 0.2) is 12.3 Å². The van der Waals surface area contributed by atoms with Gasteiger partial charge in [-0.1, -0.05) is 0 Å². The van der Waals surface area contributed by atoms with Crippen LogP contribution in [0.4, 0.5) is 11.5 Å². The van der Waals surface area contributed by atoms with Crippen molar-refractivity contribution in [2.75, 3.05) is 5.73 Å². The molecule has 1 rings (SSSR count). The minimum atomic E-state index is -0.529. The number of nitrogens with zero attached hydrogens (tertiary/aromatic N) is 2. The first kappa shape index (κ1) is 9.40. The van der Waals surface area contributed by atoms with Gasteiger partial charge in [-0.2, -0.15) is 0 Å². The largest absolute Gasteiger partial charge is 0.383 e. The van der Waals surface area contributed by atoms with Gasteiger partial charge in [-0.05, 0) is 6.92 Å². The van der Waals surface area contributed by atoms with Crippen molar-refractivity contribution in [1.29, 1.82) is 0 Å². The molecule has 0 aromatic carbocycles. The van der Waals surface area contributed by atoms with Crippen molar-refractivity contribution >= 4 is 11.5 Å². The van der Waals surface area contributed by atoms with Crippen LogP contribution in [0.2, 0.25) is 0 Å². The fourth-order valence-corrected chi connectivity index (χ4v) is 0.945. The van der Waals surface area contributed by atoms with E-state index in [0.29, 0.717) is 5.56 Å². The Balaban J connectivity index is 3.19. The zero-order valence-electron chi connectivity index (χ0n) is 7.10. The zero-order valence-corrected chi connectivity index (χ0v) is 7.10. The van der Waals surface area contributed by atoms with Gasteiger partial charge in [-0.15, -0.1) is 0 Å². The summed E-state index contributed by atoms with van der Waals surface area (Å²) in [5.41, 5.74) is 11.4. The predicted molar refractivity (Wildman–Crippen MR) is 47.9 cm³/mol. The highest BCUT2D eigenvalue weighted by Crippen LogP contribution is 2.20. The highest BCUT2D eigenvalue weighted by atomic mass is 16.6. The Kier molecular flexibility index (Phi) is 2.43. The van der Waals surface area contributed by atoms with E-state index in [1.54, 1.807) is 6.92 Å². The minimum absolute atomic E-state index is 0.0958. The van der Waals surface area contributed by atoms with Crippen molar-refractivity contribution in [3.8, 4) is 0 Å². The fourth-order valence-electron chi connectivity index (χ4n) is 0.945. The monoisotopic (exact) mass is 182 g/mol. The lowest BCUT2D eigenvalue weighted by Crippen LogP contribution is -2.10. The molecule has 0 aliphatic heterocycles. The standard InChI is InChI=1S/C7H10N4O2/c1-4(8)6-2-5(11(12)13)3-10-7(6)9/h2-4H,8H2,1H3,(H2,9,10)/t4-/m0/s1. The zero-order chi connectivity index (χ0) is 10.0. The molecule has 13 heavy (non-hydrogen) atoms. The van der Waals surface area contributed by atoms with Gasteiger partial charge in [-0.3, -0.25) is 10.1 Å². The maximum absolute atomic E-state index is 10.4. The summed E-state index contributed by atoms with van der Waals surface area (Å²) in [4.78, 5) is 13.5. The summed E-state index contributed by atoms with van der Waals surface area (Å²) in [5.74, 6) is 0.237. The molecule has 70 valence electrons. The van der Waals surface area contributed by atoms with E-state index in [4.69, 9.17) is 11.5 Å². The van der Waals surface area contributed by atoms with Crippen LogP contribution in [-0.4, -0.2) is 9.91 Å². The molecule has 6 heteroatoms. The first-order valence-corrected chi connectivity index (χ1v) is 3.67. The van der Waals surface area contributed by atoms with Gasteiger partial charge in [0.1, 0.15) is 12.0 Å². The molecular formula is C7H10N4O2. The van der Waals surface area contributed by atoms with Gasteiger partial charge in [0.05, 0.1) is 4.92 Å². The lowest BCUT2D eigenvalue weighted by Gasteiger charge is -2.06. The first-order chi connectivity index (χ1) is 6.02. The number of pyridine rings is 1. The summed E-state index contributed by atoms with van der Waals surface area (Å²) in [6.45, 7) is 1.69. The molecule has 4 N–H and O–H groups in total. The number of anilines is 1. The van der Waals surface area contributed by atoms with Crippen LogP contribution in [0.3, 0.4) is 0 Å². The van der Waals surface area contributed by atoms with Gasteiger partial charge >= 0.3 is 0 Å². The normalized spacial score (nSPS) is 12.5. The minimum Gasteiger partial charge on any atom is -0.383 e. The highest BCUT2D eigenvalue weighted by Gasteiger charge is 2.12. The van der Waals surface area contributed by atoms with Crippen molar-refractivity contribution in [3.05, 3.63) is 27.9 Å². The molecule has 1 heterocycles. The summed E-state index contributed by atoms with van der Waals surface area (Å²) < 4.78 is 0. The second-order valence-corrected chi connectivity index (χ2v) is 2.71. The van der Waals surface area contributed by atoms with Crippen molar-refractivity contribution in [3.63, 3.8) is 0 Å². The SMILES string of the molecule is C[C@H](N)c1cc([N+](=O)[O-])cnc1N. The fraction of sp³-hybridized carbons (Fsp3) is 0.286. The Morgan fingerprint density at radius 3 is 2.77 bits per heavy atom. The number of hydrogen-bond acceptors (Lipinski definition) is 5. The Bertz CT molecular complexity index is 337. The van der Waals surface area contributed by atoms with Gasteiger partial charge in [0, 0.05) is 17.7 Å². The van der Waals surface area contributed by atoms with E-state index in [-0.39, 0.29) is 17.5 Å². The Labute approximate surface area is 74.7 Å². The lowest BCUT2D eigenvalue weighted by molar-refractivity contribution is -0.385. The molecule has 0 spiro atoms. The maximum Gasteiger partial charge on any atom is 0.288 e. The molecule has 0 amide bonds. The third-order valence-electron chi connectivity index (χ3n) is 1.64. The number of nitrogens with two attached hydrogens (primary N) is 2. The first-order valence-electron chi connectivity index (χ1n) is 3.67. The van der Waals surface area contributed by atoms with Crippen molar-refractivity contribution in [2.24, 2.45) is 5.73 Å². The smallest absolute Gasteiger partial charge is 0.288 e. The quantitative estimate of drug-likeness (QED) is 0.514. The topological polar surface area (TPSA) is 108 Å².